The summed E-state index contributed by atoms with van der Waals surface area (Å²) in [5.41, 5.74) is 0.986. The number of hydrogen-bond acceptors (Lipinski definition) is 1. The number of rotatable bonds is 4. The molecule has 0 radical (unpaired) electrons. The lowest BCUT2D eigenvalue weighted by Gasteiger charge is -2.04. The molecule has 0 aliphatic heterocycles. The van der Waals surface area contributed by atoms with Crippen LogP contribution in [-0.2, 0) is 11.2 Å². The van der Waals surface area contributed by atoms with Gasteiger partial charge in [-0.3, -0.25) is 4.79 Å². The van der Waals surface area contributed by atoms with Gasteiger partial charge in [-0.2, -0.15) is 0 Å². The molecular formula is C10H11BrClNO. The van der Waals surface area contributed by atoms with E-state index in [0.717, 1.165) is 10.0 Å². The second kappa shape index (κ2) is 6.04. The van der Waals surface area contributed by atoms with Crippen molar-refractivity contribution in [1.82, 2.24) is 5.32 Å². The first-order valence-corrected chi connectivity index (χ1v) is 5.63. The molecule has 0 saturated heterocycles. The van der Waals surface area contributed by atoms with Crippen LogP contribution in [0.1, 0.15) is 5.56 Å². The minimum absolute atomic E-state index is 0.00227. The molecule has 0 aliphatic rings. The summed E-state index contributed by atoms with van der Waals surface area (Å²) in [6.45, 7) is 0.519. The molecule has 0 fully saturated rings. The zero-order chi connectivity index (χ0) is 10.4. The van der Waals surface area contributed by atoms with Crippen LogP contribution in [0.5, 0.6) is 0 Å². The van der Waals surface area contributed by atoms with Gasteiger partial charge in [0.05, 0.1) is 6.42 Å². The Morgan fingerprint density at radius 2 is 2.14 bits per heavy atom. The van der Waals surface area contributed by atoms with Gasteiger partial charge in [-0.1, -0.05) is 34.1 Å². The highest BCUT2D eigenvalue weighted by molar-refractivity contribution is 9.10. The van der Waals surface area contributed by atoms with Gasteiger partial charge in [0.25, 0.3) is 0 Å². The van der Waals surface area contributed by atoms with Crippen LogP contribution >= 0.6 is 27.5 Å². The van der Waals surface area contributed by atoms with Gasteiger partial charge in [0.2, 0.25) is 5.91 Å². The van der Waals surface area contributed by atoms with Gasteiger partial charge in [-0.15, -0.1) is 11.6 Å². The summed E-state index contributed by atoms with van der Waals surface area (Å²) in [5.74, 6) is 0.444. The van der Waals surface area contributed by atoms with E-state index in [1.54, 1.807) is 0 Å². The molecule has 0 atom stereocenters. The highest BCUT2D eigenvalue weighted by Crippen LogP contribution is 2.15. The van der Waals surface area contributed by atoms with E-state index in [1.165, 1.54) is 0 Å². The van der Waals surface area contributed by atoms with Crippen LogP contribution in [0.15, 0.2) is 28.7 Å². The number of carbonyl (C=O) groups excluding carboxylic acids is 1. The van der Waals surface area contributed by atoms with E-state index >= 15 is 0 Å². The van der Waals surface area contributed by atoms with Crippen LogP contribution < -0.4 is 5.32 Å². The lowest BCUT2D eigenvalue weighted by molar-refractivity contribution is -0.120. The average molecular weight is 277 g/mol. The summed E-state index contributed by atoms with van der Waals surface area (Å²) in [4.78, 5) is 11.3. The number of carbonyl (C=O) groups is 1. The number of halogens is 2. The number of alkyl halides is 1. The Bertz CT molecular complexity index is 317. The average Bonchev–Trinajstić information content (AvgIpc) is 2.18. The van der Waals surface area contributed by atoms with Crippen molar-refractivity contribution in [2.75, 3.05) is 12.4 Å². The first kappa shape index (κ1) is 11.5. The molecule has 1 rings (SSSR count). The van der Waals surface area contributed by atoms with Gasteiger partial charge in [-0.25, -0.2) is 0 Å². The summed E-state index contributed by atoms with van der Waals surface area (Å²) in [7, 11) is 0. The molecule has 1 N–H and O–H groups in total. The van der Waals surface area contributed by atoms with Crippen LogP contribution in [0.3, 0.4) is 0 Å². The van der Waals surface area contributed by atoms with Crippen molar-refractivity contribution >= 4 is 33.4 Å². The minimum Gasteiger partial charge on any atom is -0.355 e. The second-order valence-corrected chi connectivity index (χ2v) is 4.04. The number of amides is 1. The fraction of sp³-hybridized carbons (Fsp3) is 0.300. The molecule has 0 aliphatic carbocycles. The SMILES string of the molecule is O=C(Cc1ccccc1Br)NCCCl. The van der Waals surface area contributed by atoms with Crippen LogP contribution in [0.25, 0.3) is 0 Å². The number of nitrogens with one attached hydrogen (secondary N) is 1. The van der Waals surface area contributed by atoms with E-state index in [-0.39, 0.29) is 5.91 Å². The summed E-state index contributed by atoms with van der Waals surface area (Å²) in [5, 5.41) is 2.72. The topological polar surface area (TPSA) is 29.1 Å². The molecule has 0 aromatic heterocycles. The van der Waals surface area contributed by atoms with E-state index in [9.17, 15) is 4.79 Å². The first-order chi connectivity index (χ1) is 6.74. The largest absolute Gasteiger partial charge is 0.355 e. The maximum atomic E-state index is 11.3. The summed E-state index contributed by atoms with van der Waals surface area (Å²) < 4.78 is 0.959. The molecule has 0 heterocycles. The monoisotopic (exact) mass is 275 g/mol. The van der Waals surface area contributed by atoms with Gasteiger partial charge in [-0.05, 0) is 11.6 Å². The van der Waals surface area contributed by atoms with Crippen LogP contribution in [-0.4, -0.2) is 18.3 Å². The first-order valence-electron chi connectivity index (χ1n) is 4.30. The van der Waals surface area contributed by atoms with E-state index in [4.69, 9.17) is 11.6 Å². The third kappa shape index (κ3) is 3.68. The fourth-order valence-corrected chi connectivity index (χ4v) is 1.58. The van der Waals surface area contributed by atoms with Gasteiger partial charge in [0, 0.05) is 16.9 Å². The second-order valence-electron chi connectivity index (χ2n) is 2.81. The maximum Gasteiger partial charge on any atom is 0.224 e. The summed E-state index contributed by atoms with van der Waals surface area (Å²) >= 11 is 8.84. The fourth-order valence-electron chi connectivity index (χ4n) is 1.06. The standard InChI is InChI=1S/C10H11BrClNO/c11-9-4-2-1-3-8(9)7-10(14)13-6-5-12/h1-4H,5-7H2,(H,13,14). The Hall–Kier alpha value is -0.540. The minimum atomic E-state index is -0.00227. The zero-order valence-electron chi connectivity index (χ0n) is 7.59. The Morgan fingerprint density at radius 3 is 2.79 bits per heavy atom. The molecule has 0 spiro atoms. The molecule has 4 heteroatoms. The van der Waals surface area contributed by atoms with E-state index < -0.39 is 0 Å². The third-order valence-corrected chi connectivity index (χ3v) is 2.69. The number of benzene rings is 1. The molecule has 1 aromatic rings. The predicted molar refractivity (Wildman–Crippen MR) is 61.6 cm³/mol. The molecule has 1 aromatic carbocycles. The van der Waals surface area contributed by atoms with Crippen LogP contribution in [0, 0.1) is 0 Å². The van der Waals surface area contributed by atoms with Crippen molar-refractivity contribution in [3.8, 4) is 0 Å². The highest BCUT2D eigenvalue weighted by Gasteiger charge is 2.04. The zero-order valence-corrected chi connectivity index (χ0v) is 9.94. The molecule has 14 heavy (non-hydrogen) atoms. The van der Waals surface area contributed by atoms with Crippen molar-refractivity contribution in [2.24, 2.45) is 0 Å². The quantitative estimate of drug-likeness (QED) is 0.841. The predicted octanol–water partition coefficient (Wildman–Crippen LogP) is 2.35. The third-order valence-electron chi connectivity index (χ3n) is 1.73. The molecule has 1 amide bonds. The smallest absolute Gasteiger partial charge is 0.224 e. The maximum absolute atomic E-state index is 11.3. The Labute approximate surface area is 96.8 Å². The van der Waals surface area contributed by atoms with Crippen molar-refractivity contribution in [1.29, 1.82) is 0 Å². The van der Waals surface area contributed by atoms with E-state index in [1.807, 2.05) is 24.3 Å². The van der Waals surface area contributed by atoms with Gasteiger partial charge < -0.3 is 5.32 Å². The Kier molecular flexibility index (Phi) is 4.98. The van der Waals surface area contributed by atoms with Crippen LogP contribution in [0.2, 0.25) is 0 Å². The van der Waals surface area contributed by atoms with Crippen molar-refractivity contribution in [3.05, 3.63) is 34.3 Å². The van der Waals surface area contributed by atoms with Gasteiger partial charge in [0.1, 0.15) is 0 Å². The summed E-state index contributed by atoms with van der Waals surface area (Å²) in [6.07, 6.45) is 0.387. The lowest BCUT2D eigenvalue weighted by Crippen LogP contribution is -2.26. The Balaban J connectivity index is 2.52. The lowest BCUT2D eigenvalue weighted by atomic mass is 10.1. The molecule has 0 bridgehead atoms. The highest BCUT2D eigenvalue weighted by atomic mass is 79.9. The molecule has 2 nitrogen and oxygen atoms in total. The summed E-state index contributed by atoms with van der Waals surface area (Å²) in [6, 6.07) is 7.67. The molecule has 76 valence electrons. The van der Waals surface area contributed by atoms with Crippen molar-refractivity contribution in [3.63, 3.8) is 0 Å². The van der Waals surface area contributed by atoms with E-state index in [0.29, 0.717) is 18.8 Å². The number of hydrogen-bond donors (Lipinski definition) is 1. The van der Waals surface area contributed by atoms with Crippen molar-refractivity contribution in [2.45, 2.75) is 6.42 Å². The molecule has 0 saturated carbocycles. The van der Waals surface area contributed by atoms with Crippen LogP contribution in [0.4, 0.5) is 0 Å². The van der Waals surface area contributed by atoms with E-state index in [2.05, 4.69) is 21.2 Å². The molecular weight excluding hydrogens is 265 g/mol. The normalized spacial score (nSPS) is 9.86. The van der Waals surface area contributed by atoms with Gasteiger partial charge >= 0.3 is 0 Å². The molecule has 0 unspecified atom stereocenters. The van der Waals surface area contributed by atoms with Gasteiger partial charge in [0.15, 0.2) is 0 Å². The Morgan fingerprint density at radius 1 is 1.43 bits per heavy atom. The van der Waals surface area contributed by atoms with Crippen molar-refractivity contribution < 1.29 is 4.79 Å².